The second-order valence-electron chi connectivity index (χ2n) is 6.18. The fourth-order valence-corrected chi connectivity index (χ4v) is 3.20. The molecule has 0 amide bonds. The van der Waals surface area contributed by atoms with Gasteiger partial charge < -0.3 is 9.52 Å². The van der Waals surface area contributed by atoms with Crippen LogP contribution in [0, 0.1) is 11.7 Å². The first kappa shape index (κ1) is 17.8. The van der Waals surface area contributed by atoms with Gasteiger partial charge in [-0.05, 0) is 42.9 Å². The lowest BCUT2D eigenvalue weighted by Gasteiger charge is -2.11. The van der Waals surface area contributed by atoms with E-state index in [1.165, 1.54) is 18.2 Å². The number of aromatic amines is 1. The van der Waals surface area contributed by atoms with E-state index in [-0.39, 0.29) is 38.7 Å². The lowest BCUT2D eigenvalue weighted by atomic mass is 10.1. The molecule has 0 unspecified atom stereocenters. The first-order valence-corrected chi connectivity index (χ1v) is 8.72. The van der Waals surface area contributed by atoms with E-state index in [2.05, 4.69) is 15.0 Å². The summed E-state index contributed by atoms with van der Waals surface area (Å²) < 4.78 is 6.89. The molecule has 4 rings (SSSR count). The molecule has 0 aliphatic carbocycles. The van der Waals surface area contributed by atoms with Crippen LogP contribution >= 0.6 is 12.2 Å². The molecule has 8 nitrogen and oxygen atoms in total. The third-order valence-electron chi connectivity index (χ3n) is 4.21. The quantitative estimate of drug-likeness (QED) is 0.513. The molecule has 0 fully saturated rings. The lowest BCUT2D eigenvalue weighted by molar-refractivity contribution is 0.438. The van der Waals surface area contributed by atoms with Crippen molar-refractivity contribution < 1.29 is 9.52 Å². The predicted molar refractivity (Wildman–Crippen MR) is 105 cm³/mol. The van der Waals surface area contributed by atoms with Crippen LogP contribution in [0.25, 0.3) is 22.3 Å². The maximum absolute atomic E-state index is 12.3. The summed E-state index contributed by atoms with van der Waals surface area (Å²) in [6.45, 7) is 1.88. The highest BCUT2D eigenvalue weighted by Gasteiger charge is 2.16. The minimum atomic E-state index is -0.716. The number of fused-ring (bicyclic) bond motifs is 1. The summed E-state index contributed by atoms with van der Waals surface area (Å²) in [6, 6.07) is 8.01. The van der Waals surface area contributed by atoms with Crippen molar-refractivity contribution in [3.63, 3.8) is 0 Å². The smallest absolute Gasteiger partial charge is 0.349 e. The minimum Gasteiger partial charge on any atom is -0.507 e. The highest BCUT2D eigenvalue weighted by atomic mass is 32.1. The molecule has 0 radical (unpaired) electrons. The fourth-order valence-electron chi connectivity index (χ4n) is 2.95. The van der Waals surface area contributed by atoms with Crippen molar-refractivity contribution in [1.29, 1.82) is 0 Å². The van der Waals surface area contributed by atoms with Crippen LogP contribution in [0.15, 0.2) is 56.7 Å². The molecule has 0 bridgehead atoms. The second kappa shape index (κ2) is 6.86. The van der Waals surface area contributed by atoms with Gasteiger partial charge in [0, 0.05) is 18.5 Å². The zero-order valence-electron chi connectivity index (χ0n) is 14.7. The van der Waals surface area contributed by atoms with Gasteiger partial charge in [0.1, 0.15) is 22.7 Å². The van der Waals surface area contributed by atoms with Crippen LogP contribution < -0.4 is 11.2 Å². The van der Waals surface area contributed by atoms with Crippen molar-refractivity contribution in [2.24, 2.45) is 0 Å². The average molecular weight is 394 g/mol. The highest BCUT2D eigenvalue weighted by molar-refractivity contribution is 7.71. The maximum atomic E-state index is 12.3. The van der Waals surface area contributed by atoms with Crippen molar-refractivity contribution >= 4 is 23.3 Å². The molecule has 4 aromatic heterocycles. The molecule has 0 aliphatic rings. The van der Waals surface area contributed by atoms with Crippen LogP contribution in [0.1, 0.15) is 11.3 Å². The molecule has 9 heteroatoms. The fraction of sp³-hybridized carbons (Fsp3) is 0.105. The standard InChI is InChI=1S/C19H14N4O4S/c1-10-7-14(24)15(18(26)27-10)13-5-4-12-16(21-13)23(19(28)22-17(12)25)9-11-3-2-6-20-8-11/h2-8,24H,9H2,1H3,(H,22,25,28). The summed E-state index contributed by atoms with van der Waals surface area (Å²) in [5, 5.41) is 10.5. The number of rotatable bonds is 3. The van der Waals surface area contributed by atoms with Gasteiger partial charge in [-0.25, -0.2) is 9.78 Å². The highest BCUT2D eigenvalue weighted by Crippen LogP contribution is 2.26. The number of nitrogens with zero attached hydrogens (tertiary/aromatic N) is 3. The molecule has 0 aliphatic heterocycles. The molecule has 4 aromatic rings. The van der Waals surface area contributed by atoms with Crippen molar-refractivity contribution in [1.82, 2.24) is 19.5 Å². The van der Waals surface area contributed by atoms with Crippen LogP contribution in [0.3, 0.4) is 0 Å². The van der Waals surface area contributed by atoms with Gasteiger partial charge in [-0.1, -0.05) is 6.07 Å². The topological polar surface area (TPSA) is 114 Å². The predicted octanol–water partition coefficient (Wildman–Crippen LogP) is 2.53. The molecule has 28 heavy (non-hydrogen) atoms. The SMILES string of the molecule is Cc1cc(O)c(-c2ccc3c(=O)[nH]c(=S)n(Cc4cccnc4)c3n2)c(=O)o1. The van der Waals surface area contributed by atoms with E-state index >= 15 is 0 Å². The van der Waals surface area contributed by atoms with Crippen molar-refractivity contribution in [3.8, 4) is 17.0 Å². The monoisotopic (exact) mass is 394 g/mol. The third kappa shape index (κ3) is 3.12. The van der Waals surface area contributed by atoms with Gasteiger partial charge in [-0.3, -0.25) is 19.3 Å². The number of aromatic hydroxyl groups is 1. The Labute approximate surface area is 162 Å². The third-order valence-corrected chi connectivity index (χ3v) is 4.54. The molecule has 0 saturated carbocycles. The number of nitrogens with one attached hydrogen (secondary N) is 1. The van der Waals surface area contributed by atoms with Crippen LogP contribution in [-0.2, 0) is 6.54 Å². The molecule has 4 heterocycles. The summed E-state index contributed by atoms with van der Waals surface area (Å²) in [5.74, 6) is 0.0332. The van der Waals surface area contributed by atoms with E-state index in [1.54, 1.807) is 30.0 Å². The summed E-state index contributed by atoms with van der Waals surface area (Å²) in [6.07, 6.45) is 3.34. The summed E-state index contributed by atoms with van der Waals surface area (Å²) >= 11 is 5.31. The van der Waals surface area contributed by atoms with Gasteiger partial charge in [0.15, 0.2) is 4.77 Å². The van der Waals surface area contributed by atoms with Gasteiger partial charge in [0.05, 0.1) is 17.6 Å². The van der Waals surface area contributed by atoms with E-state index in [0.29, 0.717) is 11.9 Å². The van der Waals surface area contributed by atoms with Gasteiger partial charge in [0.2, 0.25) is 0 Å². The number of hydrogen-bond donors (Lipinski definition) is 2. The van der Waals surface area contributed by atoms with E-state index in [4.69, 9.17) is 16.6 Å². The Balaban J connectivity index is 1.99. The molecule has 0 atom stereocenters. The molecule has 0 aromatic carbocycles. The summed E-state index contributed by atoms with van der Waals surface area (Å²) in [4.78, 5) is 35.7. The van der Waals surface area contributed by atoms with Gasteiger partial charge >= 0.3 is 5.63 Å². The molecule has 140 valence electrons. The minimum absolute atomic E-state index is 0.0772. The lowest BCUT2D eigenvalue weighted by Crippen LogP contribution is -2.17. The number of aryl methyl sites for hydroxylation is 1. The Hall–Kier alpha value is -3.59. The van der Waals surface area contributed by atoms with Gasteiger partial charge in [-0.2, -0.15) is 0 Å². The van der Waals surface area contributed by atoms with Crippen molar-refractivity contribution in [2.45, 2.75) is 13.5 Å². The molecule has 2 N–H and O–H groups in total. The number of pyridine rings is 2. The first-order chi connectivity index (χ1) is 13.4. The maximum Gasteiger partial charge on any atom is 0.349 e. The Kier molecular flexibility index (Phi) is 4.36. The Morgan fingerprint density at radius 2 is 2.11 bits per heavy atom. The summed E-state index contributed by atoms with van der Waals surface area (Å²) in [7, 11) is 0. The van der Waals surface area contributed by atoms with Gasteiger partial charge in [-0.15, -0.1) is 0 Å². The Morgan fingerprint density at radius 1 is 1.29 bits per heavy atom. The number of hydrogen-bond acceptors (Lipinski definition) is 7. The van der Waals surface area contributed by atoms with Crippen LogP contribution in [0.5, 0.6) is 5.75 Å². The van der Waals surface area contributed by atoms with Crippen LogP contribution in [-0.4, -0.2) is 24.6 Å². The molecular weight excluding hydrogens is 380 g/mol. The zero-order valence-corrected chi connectivity index (χ0v) is 15.5. The Bertz CT molecular complexity index is 1370. The number of H-pyrrole nitrogens is 1. The van der Waals surface area contributed by atoms with E-state index in [1.807, 2.05) is 6.07 Å². The molecular formula is C19H14N4O4S. The molecule has 0 saturated heterocycles. The van der Waals surface area contributed by atoms with Crippen LogP contribution in [0.2, 0.25) is 0 Å². The number of aromatic nitrogens is 4. The van der Waals surface area contributed by atoms with E-state index < -0.39 is 5.63 Å². The van der Waals surface area contributed by atoms with Crippen molar-refractivity contribution in [2.75, 3.05) is 0 Å². The zero-order chi connectivity index (χ0) is 19.8. The average Bonchev–Trinajstić information content (AvgIpc) is 2.65. The normalized spacial score (nSPS) is 11.0. The van der Waals surface area contributed by atoms with E-state index in [9.17, 15) is 14.7 Å². The molecule has 0 spiro atoms. The second-order valence-corrected chi connectivity index (χ2v) is 6.57. The van der Waals surface area contributed by atoms with Gasteiger partial charge in [0.25, 0.3) is 5.56 Å². The van der Waals surface area contributed by atoms with Crippen molar-refractivity contribution in [3.05, 3.63) is 79.6 Å². The Morgan fingerprint density at radius 3 is 2.82 bits per heavy atom. The first-order valence-electron chi connectivity index (χ1n) is 8.31. The van der Waals surface area contributed by atoms with E-state index in [0.717, 1.165) is 5.56 Å². The largest absolute Gasteiger partial charge is 0.507 e. The summed E-state index contributed by atoms with van der Waals surface area (Å²) in [5.41, 5.74) is 0.143. The van der Waals surface area contributed by atoms with Crippen LogP contribution in [0.4, 0.5) is 0 Å².